The summed E-state index contributed by atoms with van der Waals surface area (Å²) < 4.78 is 0. The maximum atomic E-state index is 11.9. The normalized spacial score (nSPS) is 11.6. The third kappa shape index (κ3) is 7.24. The number of rotatable bonds is 9. The van der Waals surface area contributed by atoms with Crippen LogP contribution in [0, 0.1) is 0 Å². The van der Waals surface area contributed by atoms with Crippen LogP contribution in [0.5, 0.6) is 0 Å². The number of primary amides is 1. The highest BCUT2D eigenvalue weighted by molar-refractivity contribution is 5.96. The third-order valence-electron chi connectivity index (χ3n) is 4.66. The van der Waals surface area contributed by atoms with Crippen molar-refractivity contribution in [3.63, 3.8) is 0 Å². The summed E-state index contributed by atoms with van der Waals surface area (Å²) in [6.07, 6.45) is 0. The number of hydrogen-bond donors (Lipinski definition) is 4. The maximum absolute atomic E-state index is 11.9. The molecule has 2 amide bonds. The lowest BCUT2D eigenvalue weighted by molar-refractivity contribution is -0.117. The van der Waals surface area contributed by atoms with Gasteiger partial charge in [-0.3, -0.25) is 9.59 Å². The Hall–Kier alpha value is -3.35. The second-order valence-corrected chi connectivity index (χ2v) is 7.64. The van der Waals surface area contributed by atoms with E-state index in [0.717, 1.165) is 24.6 Å². The van der Waals surface area contributed by atoms with Crippen molar-refractivity contribution in [2.45, 2.75) is 32.7 Å². The van der Waals surface area contributed by atoms with Gasteiger partial charge in [0.15, 0.2) is 5.96 Å². The molecule has 0 unspecified atom stereocenters. The van der Waals surface area contributed by atoms with E-state index in [1.165, 1.54) is 5.56 Å². The van der Waals surface area contributed by atoms with Gasteiger partial charge >= 0.3 is 0 Å². The van der Waals surface area contributed by atoms with Gasteiger partial charge in [-0.05, 0) is 30.2 Å². The number of guanidine groups is 1. The zero-order valence-electron chi connectivity index (χ0n) is 17.9. The molecule has 7 heteroatoms. The molecule has 0 aliphatic heterocycles. The van der Waals surface area contributed by atoms with Gasteiger partial charge in [0.2, 0.25) is 5.91 Å². The largest absolute Gasteiger partial charge is 0.368 e. The van der Waals surface area contributed by atoms with E-state index in [1.807, 2.05) is 37.3 Å². The average Bonchev–Trinajstić information content (AvgIpc) is 2.75. The number of nitrogens with zero attached hydrogens (tertiary/aromatic N) is 1. The quantitative estimate of drug-likeness (QED) is 0.375. The lowest BCUT2D eigenvalue weighted by atomic mass is 9.85. The molecule has 30 heavy (non-hydrogen) atoms. The predicted octanol–water partition coefficient (Wildman–Crippen LogP) is 1.93. The van der Waals surface area contributed by atoms with Gasteiger partial charge in [0.1, 0.15) is 0 Å². The van der Waals surface area contributed by atoms with Gasteiger partial charge in [-0.25, -0.2) is 4.99 Å². The van der Waals surface area contributed by atoms with Crippen LogP contribution in [-0.4, -0.2) is 37.4 Å². The van der Waals surface area contributed by atoms with E-state index in [2.05, 4.69) is 46.9 Å². The Kier molecular flexibility index (Phi) is 8.41. The number of nitrogens with two attached hydrogens (primary N) is 1. The second kappa shape index (κ2) is 11.0. The number of hydrogen-bond acceptors (Lipinski definition) is 3. The Labute approximate surface area is 178 Å². The van der Waals surface area contributed by atoms with Gasteiger partial charge < -0.3 is 21.7 Å². The topological polar surface area (TPSA) is 109 Å². The van der Waals surface area contributed by atoms with Crippen LogP contribution in [0.1, 0.15) is 42.3 Å². The van der Waals surface area contributed by atoms with Gasteiger partial charge in [0.05, 0.1) is 13.1 Å². The number of aliphatic imine (C=N–C) groups is 1. The Morgan fingerprint density at radius 2 is 1.63 bits per heavy atom. The van der Waals surface area contributed by atoms with Crippen LogP contribution >= 0.6 is 0 Å². The summed E-state index contributed by atoms with van der Waals surface area (Å²) in [5.41, 5.74) is 7.70. The number of amides is 2. The van der Waals surface area contributed by atoms with Crippen molar-refractivity contribution in [1.29, 1.82) is 0 Å². The highest BCUT2D eigenvalue weighted by Crippen LogP contribution is 2.21. The molecule has 2 rings (SSSR count). The standard InChI is InChI=1S/C23H31N5O2/c1-4-25-22(28-16-23(2,3)19-8-6-5-7-9-19)27-14-17-10-12-18(13-11-17)21(30)26-15-20(24)29/h5-13H,4,14-16H2,1-3H3,(H2,24,29)(H,26,30)(H2,25,27,28). The predicted molar refractivity (Wildman–Crippen MR) is 120 cm³/mol. The molecule has 2 aromatic carbocycles. The van der Waals surface area contributed by atoms with E-state index in [1.54, 1.807) is 12.1 Å². The molecule has 0 radical (unpaired) electrons. The monoisotopic (exact) mass is 409 g/mol. The van der Waals surface area contributed by atoms with Crippen molar-refractivity contribution in [3.8, 4) is 0 Å². The van der Waals surface area contributed by atoms with Crippen LogP contribution in [0.4, 0.5) is 0 Å². The first-order valence-corrected chi connectivity index (χ1v) is 10.0. The van der Waals surface area contributed by atoms with Crippen LogP contribution < -0.4 is 21.7 Å². The van der Waals surface area contributed by atoms with Crippen LogP contribution in [0.15, 0.2) is 59.6 Å². The van der Waals surface area contributed by atoms with Crippen LogP contribution in [0.25, 0.3) is 0 Å². The molecule has 0 atom stereocenters. The first-order chi connectivity index (χ1) is 14.3. The molecular weight excluding hydrogens is 378 g/mol. The lowest BCUT2D eigenvalue weighted by Gasteiger charge is -2.26. The lowest BCUT2D eigenvalue weighted by Crippen LogP contribution is -2.43. The molecule has 0 saturated heterocycles. The number of nitrogens with one attached hydrogen (secondary N) is 3. The Balaban J connectivity index is 1.97. The van der Waals surface area contributed by atoms with Crippen molar-refractivity contribution in [1.82, 2.24) is 16.0 Å². The zero-order valence-corrected chi connectivity index (χ0v) is 17.9. The molecule has 0 spiro atoms. The fraction of sp³-hybridized carbons (Fsp3) is 0.348. The molecule has 0 fully saturated rings. The molecule has 0 bridgehead atoms. The van der Waals surface area contributed by atoms with E-state index in [4.69, 9.17) is 5.73 Å². The van der Waals surface area contributed by atoms with E-state index in [9.17, 15) is 9.59 Å². The van der Waals surface area contributed by atoms with Crippen molar-refractivity contribution in [3.05, 3.63) is 71.3 Å². The van der Waals surface area contributed by atoms with Gasteiger partial charge in [0.25, 0.3) is 5.91 Å². The summed E-state index contributed by atoms with van der Waals surface area (Å²) in [5, 5.41) is 9.15. The first kappa shape index (κ1) is 22.9. The molecule has 0 saturated carbocycles. The fourth-order valence-corrected chi connectivity index (χ4v) is 2.84. The second-order valence-electron chi connectivity index (χ2n) is 7.64. The van der Waals surface area contributed by atoms with Crippen LogP contribution in [-0.2, 0) is 16.8 Å². The first-order valence-electron chi connectivity index (χ1n) is 10.0. The Morgan fingerprint density at radius 1 is 0.967 bits per heavy atom. The molecule has 0 heterocycles. The van der Waals surface area contributed by atoms with E-state index in [0.29, 0.717) is 12.1 Å². The van der Waals surface area contributed by atoms with Crippen LogP contribution in [0.3, 0.4) is 0 Å². The SMILES string of the molecule is CCNC(=NCc1ccc(C(=O)NCC(N)=O)cc1)NCC(C)(C)c1ccccc1. The van der Waals surface area contributed by atoms with Crippen molar-refractivity contribution < 1.29 is 9.59 Å². The number of carbonyl (C=O) groups excluding carboxylic acids is 2. The minimum atomic E-state index is -0.576. The summed E-state index contributed by atoms with van der Waals surface area (Å²) in [4.78, 5) is 27.4. The molecule has 5 N–H and O–H groups in total. The molecular formula is C23H31N5O2. The minimum absolute atomic E-state index is 0.0443. The smallest absolute Gasteiger partial charge is 0.251 e. The van der Waals surface area contributed by atoms with E-state index >= 15 is 0 Å². The highest BCUT2D eigenvalue weighted by Gasteiger charge is 2.20. The third-order valence-corrected chi connectivity index (χ3v) is 4.66. The Morgan fingerprint density at radius 3 is 2.23 bits per heavy atom. The van der Waals surface area contributed by atoms with Crippen molar-refractivity contribution in [2.24, 2.45) is 10.7 Å². The van der Waals surface area contributed by atoms with Gasteiger partial charge in [-0.15, -0.1) is 0 Å². The molecule has 0 aliphatic carbocycles. The van der Waals surface area contributed by atoms with Crippen LogP contribution in [0.2, 0.25) is 0 Å². The molecule has 160 valence electrons. The summed E-state index contributed by atoms with van der Waals surface area (Å²) in [5.74, 6) is -0.167. The van der Waals surface area contributed by atoms with Gasteiger partial charge in [-0.2, -0.15) is 0 Å². The molecule has 7 nitrogen and oxygen atoms in total. The molecule has 2 aromatic rings. The molecule has 0 aromatic heterocycles. The van der Waals surface area contributed by atoms with E-state index < -0.39 is 5.91 Å². The Bertz CT molecular complexity index is 861. The summed E-state index contributed by atoms with van der Waals surface area (Å²) in [6, 6.07) is 17.5. The zero-order chi connectivity index (χ0) is 22.0. The van der Waals surface area contributed by atoms with E-state index in [-0.39, 0.29) is 17.9 Å². The van der Waals surface area contributed by atoms with Gasteiger partial charge in [-0.1, -0.05) is 56.3 Å². The summed E-state index contributed by atoms with van der Waals surface area (Å²) >= 11 is 0. The highest BCUT2D eigenvalue weighted by atomic mass is 16.2. The molecule has 0 aliphatic rings. The summed E-state index contributed by atoms with van der Waals surface area (Å²) in [6.45, 7) is 8.21. The maximum Gasteiger partial charge on any atom is 0.251 e. The minimum Gasteiger partial charge on any atom is -0.368 e. The average molecular weight is 410 g/mol. The summed E-state index contributed by atoms with van der Waals surface area (Å²) in [7, 11) is 0. The number of benzene rings is 2. The fourth-order valence-electron chi connectivity index (χ4n) is 2.84. The van der Waals surface area contributed by atoms with Crippen molar-refractivity contribution in [2.75, 3.05) is 19.6 Å². The van der Waals surface area contributed by atoms with Crippen molar-refractivity contribution >= 4 is 17.8 Å². The van der Waals surface area contributed by atoms with Gasteiger partial charge in [0, 0.05) is 24.1 Å². The number of carbonyl (C=O) groups is 2.